The lowest BCUT2D eigenvalue weighted by molar-refractivity contribution is -0.146. The van der Waals surface area contributed by atoms with Gasteiger partial charge in [-0.25, -0.2) is 4.39 Å². The molecule has 0 spiro atoms. The van der Waals surface area contributed by atoms with Gasteiger partial charge in [0, 0.05) is 20.5 Å². The van der Waals surface area contributed by atoms with Crippen LogP contribution in [0.2, 0.25) is 0 Å². The van der Waals surface area contributed by atoms with E-state index in [-0.39, 0.29) is 23.5 Å². The van der Waals surface area contributed by atoms with Gasteiger partial charge in [-0.1, -0.05) is 12.1 Å². The summed E-state index contributed by atoms with van der Waals surface area (Å²) in [6, 6.07) is 9.20. The van der Waals surface area contributed by atoms with Crippen LogP contribution in [0.5, 0.6) is 0 Å². The second-order valence-corrected chi connectivity index (χ2v) is 6.42. The van der Waals surface area contributed by atoms with Gasteiger partial charge in [0.25, 0.3) is 0 Å². The van der Waals surface area contributed by atoms with E-state index in [1.54, 1.807) is 48.4 Å². The number of amides is 2. The van der Waals surface area contributed by atoms with Crippen molar-refractivity contribution in [3.05, 3.63) is 59.8 Å². The van der Waals surface area contributed by atoms with Gasteiger partial charge in [-0.15, -0.1) is 0 Å². The first-order valence-corrected chi connectivity index (χ1v) is 8.26. The van der Waals surface area contributed by atoms with Crippen LogP contribution in [0.3, 0.4) is 0 Å². The topological polar surface area (TPSA) is 53.8 Å². The summed E-state index contributed by atoms with van der Waals surface area (Å²) < 4.78 is 18.6. The Kier molecular flexibility index (Phi) is 4.88. The molecule has 5 nitrogen and oxygen atoms in total. The van der Waals surface area contributed by atoms with Gasteiger partial charge in [-0.3, -0.25) is 9.59 Å². The van der Waals surface area contributed by atoms with Crippen molar-refractivity contribution in [3.8, 4) is 0 Å². The van der Waals surface area contributed by atoms with Gasteiger partial charge < -0.3 is 14.2 Å². The highest BCUT2D eigenvalue weighted by atomic mass is 19.1. The van der Waals surface area contributed by atoms with Gasteiger partial charge in [0.1, 0.15) is 11.6 Å². The summed E-state index contributed by atoms with van der Waals surface area (Å²) >= 11 is 0. The summed E-state index contributed by atoms with van der Waals surface area (Å²) in [6.45, 7) is 0.371. The Labute approximate surface area is 146 Å². The van der Waals surface area contributed by atoms with Crippen molar-refractivity contribution in [2.45, 2.75) is 25.4 Å². The van der Waals surface area contributed by atoms with Crippen molar-refractivity contribution >= 4 is 11.8 Å². The first kappa shape index (κ1) is 17.2. The molecule has 1 fully saturated rings. The number of benzene rings is 1. The molecule has 1 aromatic carbocycles. The molecule has 132 valence electrons. The molecule has 2 heterocycles. The highest BCUT2D eigenvalue weighted by Crippen LogP contribution is 2.37. The van der Waals surface area contributed by atoms with Crippen LogP contribution in [-0.4, -0.2) is 35.7 Å². The Morgan fingerprint density at radius 3 is 2.68 bits per heavy atom. The molecule has 1 aromatic heterocycles. The maximum Gasteiger partial charge on any atom is 0.228 e. The monoisotopic (exact) mass is 344 g/mol. The Morgan fingerprint density at radius 2 is 2.04 bits per heavy atom. The Hall–Kier alpha value is -2.63. The lowest BCUT2D eigenvalue weighted by Gasteiger charge is -2.39. The zero-order chi connectivity index (χ0) is 18.0. The van der Waals surface area contributed by atoms with Crippen LogP contribution in [0, 0.1) is 11.7 Å². The molecule has 0 radical (unpaired) electrons. The van der Waals surface area contributed by atoms with Gasteiger partial charge in [-0.05, 0) is 36.2 Å². The second kappa shape index (κ2) is 7.09. The minimum absolute atomic E-state index is 0.00735. The molecule has 2 atom stereocenters. The van der Waals surface area contributed by atoms with Gasteiger partial charge in [-0.2, -0.15) is 0 Å². The number of halogens is 1. The molecular formula is C19H21FN2O3. The van der Waals surface area contributed by atoms with E-state index in [0.717, 1.165) is 5.56 Å². The zero-order valence-corrected chi connectivity index (χ0v) is 14.3. The normalized spacial score (nSPS) is 20.6. The standard InChI is InChI=1S/C19H21FN2O3/c1-21(12-15-4-3-11-25-15)19(24)16-9-10-17(23)22(2)18(16)13-5-7-14(20)8-6-13/h3-8,11,16,18H,9-10,12H2,1-2H3. The predicted octanol–water partition coefficient (Wildman–Crippen LogP) is 2.99. The molecule has 6 heteroatoms. The molecule has 2 unspecified atom stereocenters. The summed E-state index contributed by atoms with van der Waals surface area (Å²) in [6.07, 6.45) is 2.38. The number of piperidine rings is 1. The third kappa shape index (κ3) is 3.57. The number of furan rings is 1. The van der Waals surface area contributed by atoms with E-state index in [1.165, 1.54) is 12.1 Å². The van der Waals surface area contributed by atoms with Gasteiger partial charge in [0.2, 0.25) is 11.8 Å². The van der Waals surface area contributed by atoms with Gasteiger partial charge in [0.15, 0.2) is 0 Å². The third-order valence-corrected chi connectivity index (χ3v) is 4.74. The van der Waals surface area contributed by atoms with Crippen molar-refractivity contribution in [2.24, 2.45) is 5.92 Å². The molecule has 2 amide bonds. The molecule has 1 aliphatic heterocycles. The predicted molar refractivity (Wildman–Crippen MR) is 89.8 cm³/mol. The first-order chi connectivity index (χ1) is 12.0. The van der Waals surface area contributed by atoms with Crippen molar-refractivity contribution in [2.75, 3.05) is 14.1 Å². The van der Waals surface area contributed by atoms with Crippen LogP contribution in [-0.2, 0) is 16.1 Å². The SMILES string of the molecule is CN(Cc1ccco1)C(=O)C1CCC(=O)N(C)C1c1ccc(F)cc1. The third-order valence-electron chi connectivity index (χ3n) is 4.74. The average molecular weight is 344 g/mol. The van der Waals surface area contributed by atoms with Crippen LogP contribution in [0.15, 0.2) is 47.1 Å². The van der Waals surface area contributed by atoms with E-state index in [1.807, 2.05) is 6.07 Å². The van der Waals surface area contributed by atoms with Crippen molar-refractivity contribution in [1.82, 2.24) is 9.80 Å². The number of carbonyl (C=O) groups is 2. The molecule has 3 rings (SSSR count). The van der Waals surface area contributed by atoms with Crippen LogP contribution in [0.25, 0.3) is 0 Å². The highest BCUT2D eigenvalue weighted by Gasteiger charge is 2.40. The van der Waals surface area contributed by atoms with E-state index in [4.69, 9.17) is 4.42 Å². The largest absolute Gasteiger partial charge is 0.467 e. The molecule has 1 aliphatic rings. The van der Waals surface area contributed by atoms with Crippen LogP contribution >= 0.6 is 0 Å². The number of rotatable bonds is 4. The fourth-order valence-corrected chi connectivity index (χ4v) is 3.41. The zero-order valence-electron chi connectivity index (χ0n) is 14.3. The number of carbonyl (C=O) groups excluding carboxylic acids is 2. The molecule has 2 aromatic rings. The fourth-order valence-electron chi connectivity index (χ4n) is 3.41. The van der Waals surface area contributed by atoms with Crippen molar-refractivity contribution < 1.29 is 18.4 Å². The quantitative estimate of drug-likeness (QED) is 0.857. The minimum atomic E-state index is -0.395. The van der Waals surface area contributed by atoms with Crippen molar-refractivity contribution in [1.29, 1.82) is 0 Å². The van der Waals surface area contributed by atoms with E-state index in [9.17, 15) is 14.0 Å². The summed E-state index contributed by atoms with van der Waals surface area (Å²) in [5.74, 6) is -0.0639. The molecular weight excluding hydrogens is 323 g/mol. The number of hydrogen-bond donors (Lipinski definition) is 0. The molecule has 1 saturated heterocycles. The van der Waals surface area contributed by atoms with E-state index in [0.29, 0.717) is 25.1 Å². The summed E-state index contributed by atoms with van der Waals surface area (Å²) in [5, 5.41) is 0. The Morgan fingerprint density at radius 1 is 1.32 bits per heavy atom. The van der Waals surface area contributed by atoms with Gasteiger partial charge in [0.05, 0.1) is 24.8 Å². The summed E-state index contributed by atoms with van der Waals surface area (Å²) in [5.41, 5.74) is 0.765. The molecule has 0 saturated carbocycles. The van der Waals surface area contributed by atoms with Crippen LogP contribution in [0.4, 0.5) is 4.39 Å². The molecule has 0 bridgehead atoms. The molecule has 0 aliphatic carbocycles. The lowest BCUT2D eigenvalue weighted by Crippen LogP contribution is -2.46. The second-order valence-electron chi connectivity index (χ2n) is 6.42. The fraction of sp³-hybridized carbons (Fsp3) is 0.368. The van der Waals surface area contributed by atoms with E-state index < -0.39 is 6.04 Å². The highest BCUT2D eigenvalue weighted by molar-refractivity contribution is 5.84. The smallest absolute Gasteiger partial charge is 0.228 e. The minimum Gasteiger partial charge on any atom is -0.467 e. The number of likely N-dealkylation sites (tertiary alicyclic amines) is 1. The number of hydrogen-bond acceptors (Lipinski definition) is 3. The summed E-state index contributed by atoms with van der Waals surface area (Å²) in [4.78, 5) is 28.4. The Balaban J connectivity index is 1.84. The van der Waals surface area contributed by atoms with Crippen molar-refractivity contribution in [3.63, 3.8) is 0 Å². The Bertz CT molecular complexity index is 743. The maximum atomic E-state index is 13.3. The van der Waals surface area contributed by atoms with E-state index >= 15 is 0 Å². The molecule has 25 heavy (non-hydrogen) atoms. The first-order valence-electron chi connectivity index (χ1n) is 8.26. The number of nitrogens with zero attached hydrogens (tertiary/aromatic N) is 2. The van der Waals surface area contributed by atoms with Crippen LogP contribution in [0.1, 0.15) is 30.2 Å². The summed E-state index contributed by atoms with van der Waals surface area (Å²) in [7, 11) is 3.42. The molecule has 0 N–H and O–H groups in total. The lowest BCUT2D eigenvalue weighted by atomic mass is 9.83. The maximum absolute atomic E-state index is 13.3. The van der Waals surface area contributed by atoms with Gasteiger partial charge >= 0.3 is 0 Å². The van der Waals surface area contributed by atoms with Crippen LogP contribution < -0.4 is 0 Å². The van der Waals surface area contributed by atoms with E-state index in [2.05, 4.69) is 0 Å². The average Bonchev–Trinajstić information content (AvgIpc) is 3.10.